The number of likely N-dealkylation sites (N-methyl/N-ethyl adjacent to an activating group) is 1. The number of rotatable bonds is 2. The van der Waals surface area contributed by atoms with E-state index in [9.17, 15) is 0 Å². The van der Waals surface area contributed by atoms with Gasteiger partial charge in [-0.15, -0.1) is 0 Å². The summed E-state index contributed by atoms with van der Waals surface area (Å²) in [5.74, 6) is 0. The Morgan fingerprint density at radius 3 is 2.27 bits per heavy atom. The first-order valence-electron chi connectivity index (χ1n) is 4.45. The molecule has 2 nitrogen and oxygen atoms in total. The molecule has 2 heteroatoms. The van der Waals surface area contributed by atoms with Crippen molar-refractivity contribution < 1.29 is 0 Å². The molecule has 1 aliphatic heterocycles. The number of hydrogen-bond acceptors (Lipinski definition) is 2. The molecule has 1 fully saturated rings. The molecule has 0 aromatic heterocycles. The van der Waals surface area contributed by atoms with E-state index >= 15 is 0 Å². The minimum absolute atomic E-state index is 0.317. The number of nitrogens with zero attached hydrogens (tertiary/aromatic N) is 1. The standard InChI is InChI=1S/C9H20N2/c1-9(2,3)11(4)7-8-5-6-10-8/h8,10H,5-7H2,1-4H3/t8-/m0/s1. The van der Waals surface area contributed by atoms with Gasteiger partial charge in [-0.1, -0.05) is 0 Å². The van der Waals surface area contributed by atoms with Crippen molar-refractivity contribution >= 4 is 0 Å². The van der Waals surface area contributed by atoms with Gasteiger partial charge >= 0.3 is 0 Å². The van der Waals surface area contributed by atoms with E-state index in [1.54, 1.807) is 0 Å². The van der Waals surface area contributed by atoms with Crippen LogP contribution in [-0.4, -0.2) is 36.6 Å². The normalized spacial score (nSPS) is 25.4. The lowest BCUT2D eigenvalue weighted by molar-refractivity contribution is 0.139. The minimum atomic E-state index is 0.317. The Morgan fingerprint density at radius 1 is 1.45 bits per heavy atom. The molecule has 0 aromatic carbocycles. The van der Waals surface area contributed by atoms with Crippen LogP contribution in [-0.2, 0) is 0 Å². The van der Waals surface area contributed by atoms with Crippen LogP contribution in [0, 0.1) is 0 Å². The molecule has 1 atom stereocenters. The fourth-order valence-electron chi connectivity index (χ4n) is 1.11. The van der Waals surface area contributed by atoms with Crippen LogP contribution >= 0.6 is 0 Å². The molecule has 1 N–H and O–H groups in total. The first-order chi connectivity index (χ1) is 5.00. The van der Waals surface area contributed by atoms with Gasteiger partial charge in [0.25, 0.3) is 0 Å². The van der Waals surface area contributed by atoms with Gasteiger partial charge in [0.2, 0.25) is 0 Å². The third-order valence-corrected chi connectivity index (χ3v) is 2.57. The zero-order valence-electron chi connectivity index (χ0n) is 8.15. The highest BCUT2D eigenvalue weighted by molar-refractivity contribution is 4.83. The second-order valence-corrected chi connectivity index (χ2v) is 4.49. The first kappa shape index (κ1) is 9.01. The molecule has 66 valence electrons. The summed E-state index contributed by atoms with van der Waals surface area (Å²) in [6, 6.07) is 0.749. The summed E-state index contributed by atoms with van der Waals surface area (Å²) < 4.78 is 0. The van der Waals surface area contributed by atoms with Gasteiger partial charge in [-0.05, 0) is 40.8 Å². The molecule has 0 spiro atoms. The summed E-state index contributed by atoms with van der Waals surface area (Å²) in [6.07, 6.45) is 1.35. The fourth-order valence-corrected chi connectivity index (χ4v) is 1.11. The van der Waals surface area contributed by atoms with Gasteiger partial charge in [-0.3, -0.25) is 4.90 Å². The first-order valence-corrected chi connectivity index (χ1v) is 4.45. The third kappa shape index (κ3) is 2.46. The molecular formula is C9H20N2. The van der Waals surface area contributed by atoms with Crippen LogP contribution in [0.2, 0.25) is 0 Å². The number of hydrogen-bond donors (Lipinski definition) is 1. The van der Waals surface area contributed by atoms with E-state index in [0.29, 0.717) is 5.54 Å². The molecule has 1 heterocycles. The van der Waals surface area contributed by atoms with Gasteiger partial charge in [0.15, 0.2) is 0 Å². The van der Waals surface area contributed by atoms with Crippen LogP contribution in [0.4, 0.5) is 0 Å². The van der Waals surface area contributed by atoms with Crippen molar-refractivity contribution in [2.24, 2.45) is 0 Å². The van der Waals surface area contributed by atoms with E-state index in [2.05, 4.69) is 38.0 Å². The molecule has 11 heavy (non-hydrogen) atoms. The van der Waals surface area contributed by atoms with Gasteiger partial charge in [0, 0.05) is 18.1 Å². The highest BCUT2D eigenvalue weighted by Crippen LogP contribution is 2.13. The van der Waals surface area contributed by atoms with E-state index in [4.69, 9.17) is 0 Å². The number of nitrogens with one attached hydrogen (secondary N) is 1. The largest absolute Gasteiger partial charge is 0.313 e. The van der Waals surface area contributed by atoms with Crippen LogP contribution < -0.4 is 5.32 Å². The molecule has 1 aliphatic rings. The van der Waals surface area contributed by atoms with E-state index in [1.165, 1.54) is 19.5 Å². The summed E-state index contributed by atoms with van der Waals surface area (Å²) >= 11 is 0. The predicted octanol–water partition coefficient (Wildman–Crippen LogP) is 1.08. The molecule has 0 aliphatic carbocycles. The maximum Gasteiger partial charge on any atom is 0.0207 e. The molecular weight excluding hydrogens is 136 g/mol. The van der Waals surface area contributed by atoms with E-state index in [0.717, 1.165) is 6.04 Å². The smallest absolute Gasteiger partial charge is 0.0207 e. The Balaban J connectivity index is 2.24. The average molecular weight is 156 g/mol. The molecule has 0 unspecified atom stereocenters. The molecule has 0 saturated carbocycles. The highest BCUT2D eigenvalue weighted by atomic mass is 15.2. The Morgan fingerprint density at radius 2 is 2.00 bits per heavy atom. The summed E-state index contributed by atoms with van der Waals surface area (Å²) in [5.41, 5.74) is 0.317. The second-order valence-electron chi connectivity index (χ2n) is 4.49. The predicted molar refractivity (Wildman–Crippen MR) is 48.8 cm³/mol. The topological polar surface area (TPSA) is 15.3 Å². The Bertz CT molecular complexity index is 122. The van der Waals surface area contributed by atoms with Crippen molar-refractivity contribution in [3.05, 3.63) is 0 Å². The average Bonchev–Trinajstić information content (AvgIpc) is 1.75. The highest BCUT2D eigenvalue weighted by Gasteiger charge is 2.23. The van der Waals surface area contributed by atoms with Crippen molar-refractivity contribution in [1.82, 2.24) is 10.2 Å². The Hall–Kier alpha value is -0.0800. The summed E-state index contributed by atoms with van der Waals surface area (Å²) in [6.45, 7) is 9.16. The second kappa shape index (κ2) is 3.11. The molecule has 1 saturated heterocycles. The lowest BCUT2D eigenvalue weighted by Crippen LogP contribution is -2.53. The fraction of sp³-hybridized carbons (Fsp3) is 1.00. The summed E-state index contributed by atoms with van der Waals surface area (Å²) in [7, 11) is 2.19. The van der Waals surface area contributed by atoms with Crippen molar-refractivity contribution in [3.63, 3.8) is 0 Å². The monoisotopic (exact) mass is 156 g/mol. The Labute approximate surface area is 70.0 Å². The van der Waals surface area contributed by atoms with Crippen LogP contribution in [0.1, 0.15) is 27.2 Å². The Kier molecular flexibility index (Phi) is 2.55. The van der Waals surface area contributed by atoms with Gasteiger partial charge < -0.3 is 5.32 Å². The van der Waals surface area contributed by atoms with Crippen LogP contribution in [0.25, 0.3) is 0 Å². The lowest BCUT2D eigenvalue weighted by atomic mass is 10.0. The summed E-state index contributed by atoms with van der Waals surface area (Å²) in [5, 5.41) is 3.41. The zero-order valence-corrected chi connectivity index (χ0v) is 8.15. The quantitative estimate of drug-likeness (QED) is 0.643. The van der Waals surface area contributed by atoms with Gasteiger partial charge in [0.1, 0.15) is 0 Å². The van der Waals surface area contributed by atoms with Crippen LogP contribution in [0.15, 0.2) is 0 Å². The molecule has 1 rings (SSSR count). The van der Waals surface area contributed by atoms with Gasteiger partial charge in [-0.2, -0.15) is 0 Å². The molecule has 0 bridgehead atoms. The zero-order chi connectivity index (χ0) is 8.48. The van der Waals surface area contributed by atoms with Crippen molar-refractivity contribution in [3.8, 4) is 0 Å². The van der Waals surface area contributed by atoms with E-state index in [1.807, 2.05) is 0 Å². The van der Waals surface area contributed by atoms with Crippen LogP contribution in [0.3, 0.4) is 0 Å². The van der Waals surface area contributed by atoms with Crippen molar-refractivity contribution in [2.75, 3.05) is 20.1 Å². The van der Waals surface area contributed by atoms with E-state index in [-0.39, 0.29) is 0 Å². The van der Waals surface area contributed by atoms with E-state index < -0.39 is 0 Å². The van der Waals surface area contributed by atoms with Gasteiger partial charge in [-0.25, -0.2) is 0 Å². The maximum atomic E-state index is 3.41. The lowest BCUT2D eigenvalue weighted by Gasteiger charge is -2.38. The van der Waals surface area contributed by atoms with Crippen LogP contribution in [0.5, 0.6) is 0 Å². The maximum absolute atomic E-state index is 3.41. The third-order valence-electron chi connectivity index (χ3n) is 2.57. The molecule has 0 amide bonds. The SMILES string of the molecule is CN(C[C@@H]1CCN1)C(C)(C)C. The van der Waals surface area contributed by atoms with Crippen molar-refractivity contribution in [1.29, 1.82) is 0 Å². The van der Waals surface area contributed by atoms with Gasteiger partial charge in [0.05, 0.1) is 0 Å². The van der Waals surface area contributed by atoms with Crippen molar-refractivity contribution in [2.45, 2.75) is 38.8 Å². The molecule has 0 radical (unpaired) electrons. The summed E-state index contributed by atoms with van der Waals surface area (Å²) in [4.78, 5) is 2.41. The molecule has 0 aromatic rings. The minimum Gasteiger partial charge on any atom is -0.313 e.